The predicted octanol–water partition coefficient (Wildman–Crippen LogP) is 2.18. The van der Waals surface area contributed by atoms with Gasteiger partial charge in [0.05, 0.1) is 0 Å². The molecule has 1 N–H and O–H groups in total. The molecule has 0 radical (unpaired) electrons. The third-order valence-corrected chi connectivity index (χ3v) is 2.71. The molecule has 1 heterocycles. The number of carbonyl (C=O) groups is 1. The van der Waals surface area contributed by atoms with E-state index in [1.54, 1.807) is 18.2 Å². The van der Waals surface area contributed by atoms with Gasteiger partial charge >= 0.3 is 0 Å². The fourth-order valence-electron chi connectivity index (χ4n) is 1.91. The van der Waals surface area contributed by atoms with Crippen LogP contribution in [0.25, 0.3) is 0 Å². The van der Waals surface area contributed by atoms with E-state index in [2.05, 4.69) is 6.08 Å². The van der Waals surface area contributed by atoms with Crippen molar-refractivity contribution in [2.75, 3.05) is 13.1 Å². The molecule has 0 unspecified atom stereocenters. The molecule has 0 bridgehead atoms. The summed E-state index contributed by atoms with van der Waals surface area (Å²) < 4.78 is 0. The smallest absolute Gasteiger partial charge is 0.254 e. The number of amides is 1. The molecule has 0 aromatic heterocycles. The lowest BCUT2D eigenvalue weighted by Gasteiger charge is -2.26. The van der Waals surface area contributed by atoms with Crippen LogP contribution in [-0.4, -0.2) is 29.0 Å². The fraction of sp³-hybridized carbons (Fsp3) is 0.308. The minimum Gasteiger partial charge on any atom is -0.508 e. The summed E-state index contributed by atoms with van der Waals surface area (Å²) >= 11 is 0. The van der Waals surface area contributed by atoms with Gasteiger partial charge < -0.3 is 10.0 Å². The molecule has 0 saturated heterocycles. The van der Waals surface area contributed by atoms with Crippen molar-refractivity contribution in [2.45, 2.75) is 13.3 Å². The summed E-state index contributed by atoms with van der Waals surface area (Å²) in [6.07, 6.45) is 3.07. The molecule has 1 amide bonds. The van der Waals surface area contributed by atoms with E-state index < -0.39 is 0 Å². The number of benzene rings is 1. The van der Waals surface area contributed by atoms with Crippen LogP contribution in [0.3, 0.4) is 0 Å². The maximum absolute atomic E-state index is 12.1. The van der Waals surface area contributed by atoms with Gasteiger partial charge in [0.25, 0.3) is 5.91 Å². The summed E-state index contributed by atoms with van der Waals surface area (Å²) in [5.41, 5.74) is 1.77. The van der Waals surface area contributed by atoms with Gasteiger partial charge in [0, 0.05) is 18.7 Å². The highest BCUT2D eigenvalue weighted by atomic mass is 16.3. The van der Waals surface area contributed by atoms with E-state index in [9.17, 15) is 9.90 Å². The van der Waals surface area contributed by atoms with Gasteiger partial charge in [0.2, 0.25) is 0 Å². The standard InChI is InChI=1S/C13H15NO2/c1-10-4-3-7-14(9-10)13(16)11-5-2-6-12(15)8-11/h2,4-6,8,15H,3,7,9H2,1H3. The van der Waals surface area contributed by atoms with Gasteiger partial charge in [-0.15, -0.1) is 0 Å². The molecule has 0 fully saturated rings. The second-order valence-electron chi connectivity index (χ2n) is 4.12. The topological polar surface area (TPSA) is 40.5 Å². The van der Waals surface area contributed by atoms with E-state index in [4.69, 9.17) is 0 Å². The highest BCUT2D eigenvalue weighted by molar-refractivity contribution is 5.94. The van der Waals surface area contributed by atoms with Crippen molar-refractivity contribution in [3.8, 4) is 5.75 Å². The number of nitrogens with zero attached hydrogens (tertiary/aromatic N) is 1. The summed E-state index contributed by atoms with van der Waals surface area (Å²) in [6, 6.07) is 6.50. The largest absolute Gasteiger partial charge is 0.508 e. The third-order valence-electron chi connectivity index (χ3n) is 2.71. The van der Waals surface area contributed by atoms with Crippen molar-refractivity contribution < 1.29 is 9.90 Å². The normalized spacial score (nSPS) is 15.8. The van der Waals surface area contributed by atoms with Crippen molar-refractivity contribution in [3.05, 3.63) is 41.5 Å². The van der Waals surface area contributed by atoms with E-state index in [0.717, 1.165) is 13.0 Å². The van der Waals surface area contributed by atoms with E-state index in [1.165, 1.54) is 11.6 Å². The first-order chi connectivity index (χ1) is 7.66. The second-order valence-corrected chi connectivity index (χ2v) is 4.12. The van der Waals surface area contributed by atoms with Gasteiger partial charge in [0.15, 0.2) is 0 Å². The lowest BCUT2D eigenvalue weighted by molar-refractivity contribution is 0.0765. The van der Waals surface area contributed by atoms with Crippen LogP contribution < -0.4 is 0 Å². The monoisotopic (exact) mass is 217 g/mol. The average molecular weight is 217 g/mol. The molecular weight excluding hydrogens is 202 g/mol. The molecule has 2 rings (SSSR count). The highest BCUT2D eigenvalue weighted by Crippen LogP contribution is 2.16. The van der Waals surface area contributed by atoms with Crippen LogP contribution in [0.4, 0.5) is 0 Å². The van der Waals surface area contributed by atoms with Crippen LogP contribution in [0, 0.1) is 0 Å². The lowest BCUT2D eigenvalue weighted by Crippen LogP contribution is -2.35. The molecule has 0 spiro atoms. The highest BCUT2D eigenvalue weighted by Gasteiger charge is 2.18. The quantitative estimate of drug-likeness (QED) is 0.732. The molecule has 0 atom stereocenters. The molecule has 0 saturated carbocycles. The van der Waals surface area contributed by atoms with Gasteiger partial charge in [-0.25, -0.2) is 0 Å². The Morgan fingerprint density at radius 2 is 2.25 bits per heavy atom. The molecule has 0 aliphatic carbocycles. The number of hydrogen-bond acceptors (Lipinski definition) is 2. The van der Waals surface area contributed by atoms with Crippen LogP contribution in [-0.2, 0) is 0 Å². The zero-order chi connectivity index (χ0) is 11.5. The fourth-order valence-corrected chi connectivity index (χ4v) is 1.91. The maximum Gasteiger partial charge on any atom is 0.254 e. The van der Waals surface area contributed by atoms with Crippen LogP contribution in [0.15, 0.2) is 35.9 Å². The van der Waals surface area contributed by atoms with Crippen molar-refractivity contribution in [1.82, 2.24) is 4.90 Å². The van der Waals surface area contributed by atoms with E-state index >= 15 is 0 Å². The first-order valence-electron chi connectivity index (χ1n) is 5.41. The summed E-state index contributed by atoms with van der Waals surface area (Å²) in [5, 5.41) is 9.33. The maximum atomic E-state index is 12.1. The molecule has 84 valence electrons. The van der Waals surface area contributed by atoms with Crippen molar-refractivity contribution in [2.24, 2.45) is 0 Å². The molecule has 1 aromatic rings. The number of phenolic OH excluding ortho intramolecular Hbond substituents is 1. The molecule has 1 aliphatic rings. The zero-order valence-electron chi connectivity index (χ0n) is 9.31. The second kappa shape index (κ2) is 4.39. The average Bonchev–Trinajstić information content (AvgIpc) is 2.28. The predicted molar refractivity (Wildman–Crippen MR) is 62.4 cm³/mol. The Morgan fingerprint density at radius 1 is 1.44 bits per heavy atom. The Balaban J connectivity index is 2.16. The number of carbonyl (C=O) groups excluding carboxylic acids is 1. The Morgan fingerprint density at radius 3 is 2.94 bits per heavy atom. The van der Waals surface area contributed by atoms with Crippen molar-refractivity contribution >= 4 is 5.91 Å². The van der Waals surface area contributed by atoms with Gasteiger partial charge in [-0.2, -0.15) is 0 Å². The molecule has 3 nitrogen and oxygen atoms in total. The molecular formula is C13H15NO2. The Kier molecular flexibility index (Phi) is 2.95. The van der Waals surface area contributed by atoms with E-state index in [1.807, 2.05) is 11.8 Å². The minimum atomic E-state index is -0.0108. The van der Waals surface area contributed by atoms with Gasteiger partial charge in [-0.05, 0) is 31.5 Å². The summed E-state index contributed by atoms with van der Waals surface area (Å²) in [7, 11) is 0. The minimum absolute atomic E-state index is 0.0108. The van der Waals surface area contributed by atoms with Gasteiger partial charge in [0.1, 0.15) is 5.75 Å². The number of hydrogen-bond donors (Lipinski definition) is 1. The lowest BCUT2D eigenvalue weighted by atomic mass is 10.1. The summed E-state index contributed by atoms with van der Waals surface area (Å²) in [6.45, 7) is 3.47. The van der Waals surface area contributed by atoms with Crippen LogP contribution >= 0.6 is 0 Å². The Hall–Kier alpha value is -1.77. The van der Waals surface area contributed by atoms with Gasteiger partial charge in [-0.1, -0.05) is 17.7 Å². The summed E-state index contributed by atoms with van der Waals surface area (Å²) in [5.74, 6) is 0.124. The first-order valence-corrected chi connectivity index (χ1v) is 5.41. The zero-order valence-corrected chi connectivity index (χ0v) is 9.31. The molecule has 3 heteroatoms. The van der Waals surface area contributed by atoms with Crippen molar-refractivity contribution in [3.63, 3.8) is 0 Å². The summed E-state index contributed by atoms with van der Waals surface area (Å²) in [4.78, 5) is 13.9. The van der Waals surface area contributed by atoms with Crippen molar-refractivity contribution in [1.29, 1.82) is 0 Å². The molecule has 16 heavy (non-hydrogen) atoms. The van der Waals surface area contributed by atoms with E-state index in [-0.39, 0.29) is 11.7 Å². The van der Waals surface area contributed by atoms with E-state index in [0.29, 0.717) is 12.1 Å². The van der Waals surface area contributed by atoms with Crippen LogP contribution in [0.2, 0.25) is 0 Å². The molecule has 1 aliphatic heterocycles. The number of aromatic hydroxyl groups is 1. The molecule has 1 aromatic carbocycles. The Bertz CT molecular complexity index is 437. The number of phenols is 1. The number of rotatable bonds is 1. The van der Waals surface area contributed by atoms with Crippen LogP contribution in [0.5, 0.6) is 5.75 Å². The van der Waals surface area contributed by atoms with Crippen LogP contribution in [0.1, 0.15) is 23.7 Å². The third kappa shape index (κ3) is 2.24. The first kappa shape index (κ1) is 10.7. The Labute approximate surface area is 95.0 Å². The SMILES string of the molecule is CC1=CCCN(C(=O)c2cccc(O)c2)C1. The van der Waals surface area contributed by atoms with Gasteiger partial charge in [-0.3, -0.25) is 4.79 Å².